The van der Waals surface area contributed by atoms with Crippen LogP contribution < -0.4 is 11.3 Å². The fourth-order valence-corrected chi connectivity index (χ4v) is 3.24. The first-order valence-electron chi connectivity index (χ1n) is 6.24. The highest BCUT2D eigenvalue weighted by Gasteiger charge is 2.15. The minimum atomic E-state index is 0.236. The number of aryl methyl sites for hydroxylation is 3. The quantitative estimate of drug-likeness (QED) is 0.621. The van der Waals surface area contributed by atoms with Gasteiger partial charge in [0.15, 0.2) is 0 Å². The van der Waals surface area contributed by atoms with Gasteiger partial charge >= 0.3 is 0 Å². The number of hydrogen-bond donors (Lipinski definition) is 2. The summed E-state index contributed by atoms with van der Waals surface area (Å²) >= 11 is 1.78. The SMILES string of the molecule is CCc1ccsc1C(CCc1cnn(C)c1)NN. The second-order valence-electron chi connectivity index (χ2n) is 4.44. The Morgan fingerprint density at radius 1 is 1.56 bits per heavy atom. The van der Waals surface area contributed by atoms with Crippen LogP contribution in [-0.2, 0) is 19.9 Å². The van der Waals surface area contributed by atoms with Crippen molar-refractivity contribution in [2.45, 2.75) is 32.2 Å². The maximum atomic E-state index is 5.69. The zero-order valence-electron chi connectivity index (χ0n) is 10.9. The summed E-state index contributed by atoms with van der Waals surface area (Å²) in [6.45, 7) is 2.18. The molecule has 2 rings (SSSR count). The normalized spacial score (nSPS) is 12.8. The van der Waals surface area contributed by atoms with Gasteiger partial charge in [-0.05, 0) is 41.8 Å². The van der Waals surface area contributed by atoms with Crippen LogP contribution in [0, 0.1) is 0 Å². The number of nitrogens with zero attached hydrogens (tertiary/aromatic N) is 2. The fourth-order valence-electron chi connectivity index (χ4n) is 2.15. The van der Waals surface area contributed by atoms with Crippen LogP contribution in [0.25, 0.3) is 0 Å². The van der Waals surface area contributed by atoms with E-state index in [-0.39, 0.29) is 6.04 Å². The van der Waals surface area contributed by atoms with Gasteiger partial charge in [0.25, 0.3) is 0 Å². The van der Waals surface area contributed by atoms with E-state index in [0.717, 1.165) is 19.3 Å². The van der Waals surface area contributed by atoms with Crippen molar-refractivity contribution in [3.63, 3.8) is 0 Å². The number of nitrogens with one attached hydrogen (secondary N) is 1. The molecule has 1 atom stereocenters. The Balaban J connectivity index is 2.01. The second-order valence-corrected chi connectivity index (χ2v) is 5.39. The molecule has 0 aliphatic rings. The Bertz CT molecular complexity index is 489. The average Bonchev–Trinajstić information content (AvgIpc) is 2.99. The maximum Gasteiger partial charge on any atom is 0.0559 e. The molecule has 1 unspecified atom stereocenters. The van der Waals surface area contributed by atoms with Crippen LogP contribution >= 0.6 is 11.3 Å². The van der Waals surface area contributed by atoms with E-state index in [1.807, 2.05) is 17.9 Å². The summed E-state index contributed by atoms with van der Waals surface area (Å²) in [7, 11) is 1.94. The van der Waals surface area contributed by atoms with E-state index in [9.17, 15) is 0 Å². The number of aromatic nitrogens is 2. The van der Waals surface area contributed by atoms with Crippen LogP contribution in [0.15, 0.2) is 23.8 Å². The fraction of sp³-hybridized carbons (Fsp3) is 0.462. The summed E-state index contributed by atoms with van der Waals surface area (Å²) in [5.74, 6) is 5.69. The minimum Gasteiger partial charge on any atom is -0.276 e. The number of rotatable bonds is 6. The first kappa shape index (κ1) is 13.3. The Morgan fingerprint density at radius 3 is 3.00 bits per heavy atom. The summed E-state index contributed by atoms with van der Waals surface area (Å²) < 4.78 is 1.84. The third-order valence-electron chi connectivity index (χ3n) is 3.16. The number of hydrogen-bond acceptors (Lipinski definition) is 4. The summed E-state index contributed by atoms with van der Waals surface area (Å²) in [5.41, 5.74) is 5.59. The summed E-state index contributed by atoms with van der Waals surface area (Å²) in [6, 6.07) is 2.43. The first-order valence-corrected chi connectivity index (χ1v) is 7.12. The average molecular weight is 264 g/mol. The van der Waals surface area contributed by atoms with Gasteiger partial charge in [0.1, 0.15) is 0 Å². The number of hydrazine groups is 1. The Labute approximate surface area is 112 Å². The lowest BCUT2D eigenvalue weighted by Gasteiger charge is -2.15. The lowest BCUT2D eigenvalue weighted by molar-refractivity contribution is 0.521. The van der Waals surface area contributed by atoms with E-state index in [4.69, 9.17) is 5.84 Å². The van der Waals surface area contributed by atoms with Crippen LogP contribution in [0.2, 0.25) is 0 Å². The van der Waals surface area contributed by atoms with Crippen molar-refractivity contribution in [1.29, 1.82) is 0 Å². The van der Waals surface area contributed by atoms with Gasteiger partial charge in [0, 0.05) is 18.1 Å². The summed E-state index contributed by atoms with van der Waals surface area (Å²) in [5, 5.41) is 6.33. The third-order valence-corrected chi connectivity index (χ3v) is 4.23. The Hall–Kier alpha value is -1.17. The van der Waals surface area contributed by atoms with E-state index in [1.165, 1.54) is 16.0 Å². The van der Waals surface area contributed by atoms with Gasteiger partial charge in [-0.25, -0.2) is 0 Å². The smallest absolute Gasteiger partial charge is 0.0559 e. The first-order chi connectivity index (χ1) is 8.74. The zero-order valence-corrected chi connectivity index (χ0v) is 11.7. The van der Waals surface area contributed by atoms with Gasteiger partial charge in [-0.15, -0.1) is 11.3 Å². The van der Waals surface area contributed by atoms with Crippen LogP contribution in [0.3, 0.4) is 0 Å². The molecule has 0 radical (unpaired) electrons. The molecule has 0 fully saturated rings. The van der Waals surface area contributed by atoms with Gasteiger partial charge in [-0.3, -0.25) is 16.0 Å². The third kappa shape index (κ3) is 2.98. The van der Waals surface area contributed by atoms with Gasteiger partial charge in [0.05, 0.1) is 12.2 Å². The topological polar surface area (TPSA) is 55.9 Å². The number of thiophene rings is 1. The molecule has 0 aliphatic heterocycles. The van der Waals surface area contributed by atoms with Gasteiger partial charge in [-0.1, -0.05) is 6.92 Å². The van der Waals surface area contributed by atoms with Gasteiger partial charge in [-0.2, -0.15) is 5.10 Å². The lowest BCUT2D eigenvalue weighted by Crippen LogP contribution is -2.28. The molecule has 18 heavy (non-hydrogen) atoms. The molecule has 2 heterocycles. The molecule has 0 amide bonds. The summed E-state index contributed by atoms with van der Waals surface area (Å²) in [4.78, 5) is 1.36. The molecule has 0 aromatic carbocycles. The highest BCUT2D eigenvalue weighted by Crippen LogP contribution is 2.27. The van der Waals surface area contributed by atoms with E-state index in [2.05, 4.69) is 35.1 Å². The highest BCUT2D eigenvalue weighted by molar-refractivity contribution is 7.10. The molecule has 5 heteroatoms. The Morgan fingerprint density at radius 2 is 2.39 bits per heavy atom. The van der Waals surface area contributed by atoms with Crippen molar-refractivity contribution in [2.75, 3.05) is 0 Å². The molecule has 98 valence electrons. The minimum absolute atomic E-state index is 0.236. The molecule has 2 aromatic heterocycles. The molecule has 0 saturated carbocycles. The molecule has 4 nitrogen and oxygen atoms in total. The standard InChI is InChI=1S/C13H20N4S/c1-3-11-6-7-18-13(11)12(16-14)5-4-10-8-15-17(2)9-10/h6-9,12,16H,3-5,14H2,1-2H3. The molecule has 0 bridgehead atoms. The van der Waals surface area contributed by atoms with E-state index < -0.39 is 0 Å². The van der Waals surface area contributed by atoms with E-state index in [0.29, 0.717) is 0 Å². The number of nitrogens with two attached hydrogens (primary N) is 1. The van der Waals surface area contributed by atoms with E-state index in [1.54, 1.807) is 11.3 Å². The second kappa shape index (κ2) is 6.13. The van der Waals surface area contributed by atoms with Crippen molar-refractivity contribution in [3.8, 4) is 0 Å². The lowest BCUT2D eigenvalue weighted by atomic mass is 10.0. The van der Waals surface area contributed by atoms with Crippen molar-refractivity contribution >= 4 is 11.3 Å². The Kier molecular flexibility index (Phi) is 4.52. The van der Waals surface area contributed by atoms with E-state index >= 15 is 0 Å². The van der Waals surface area contributed by atoms with Crippen molar-refractivity contribution < 1.29 is 0 Å². The molecule has 0 spiro atoms. The molecule has 0 saturated heterocycles. The summed E-state index contributed by atoms with van der Waals surface area (Å²) in [6.07, 6.45) is 7.02. The molecular formula is C13H20N4S. The maximum absolute atomic E-state index is 5.69. The molecular weight excluding hydrogens is 244 g/mol. The molecule has 0 aliphatic carbocycles. The van der Waals surface area contributed by atoms with Crippen molar-refractivity contribution in [1.82, 2.24) is 15.2 Å². The van der Waals surface area contributed by atoms with Crippen molar-refractivity contribution in [3.05, 3.63) is 39.8 Å². The van der Waals surface area contributed by atoms with Gasteiger partial charge in [0.2, 0.25) is 0 Å². The van der Waals surface area contributed by atoms with Crippen molar-refractivity contribution in [2.24, 2.45) is 12.9 Å². The molecule has 3 N–H and O–H groups in total. The zero-order chi connectivity index (χ0) is 13.0. The highest BCUT2D eigenvalue weighted by atomic mass is 32.1. The van der Waals surface area contributed by atoms with Crippen LogP contribution in [0.5, 0.6) is 0 Å². The predicted octanol–water partition coefficient (Wildman–Crippen LogP) is 2.18. The largest absolute Gasteiger partial charge is 0.276 e. The van der Waals surface area contributed by atoms with Crippen LogP contribution in [0.1, 0.15) is 35.4 Å². The predicted molar refractivity (Wildman–Crippen MR) is 75.3 cm³/mol. The van der Waals surface area contributed by atoms with Crippen LogP contribution in [0.4, 0.5) is 0 Å². The van der Waals surface area contributed by atoms with Gasteiger partial charge < -0.3 is 0 Å². The molecule has 2 aromatic rings. The monoisotopic (exact) mass is 264 g/mol. The van der Waals surface area contributed by atoms with Crippen LogP contribution in [-0.4, -0.2) is 9.78 Å².